The lowest BCUT2D eigenvalue weighted by molar-refractivity contribution is -0.121. The van der Waals surface area contributed by atoms with Gasteiger partial charge in [0.1, 0.15) is 18.3 Å². The number of amides is 1. The van der Waals surface area contributed by atoms with Gasteiger partial charge in [-0.1, -0.05) is 6.07 Å². The highest BCUT2D eigenvalue weighted by Crippen LogP contribution is 2.34. The van der Waals surface area contributed by atoms with Crippen LogP contribution < -0.4 is 19.7 Å². The Kier molecular flexibility index (Phi) is 5.71. The number of benzene rings is 1. The Hall–Kier alpha value is -4.21. The van der Waals surface area contributed by atoms with E-state index < -0.39 is 0 Å². The Balaban J connectivity index is 1.21. The zero-order chi connectivity index (χ0) is 22.6. The number of nitrogens with one attached hydrogen (secondary N) is 1. The van der Waals surface area contributed by atoms with Crippen molar-refractivity contribution >= 4 is 17.9 Å². The van der Waals surface area contributed by atoms with Crippen molar-refractivity contribution in [2.75, 3.05) is 11.7 Å². The van der Waals surface area contributed by atoms with Gasteiger partial charge in [-0.2, -0.15) is 4.98 Å². The fourth-order valence-corrected chi connectivity index (χ4v) is 3.72. The maximum absolute atomic E-state index is 12.7. The average molecular weight is 445 g/mol. The number of aromatic nitrogens is 4. The van der Waals surface area contributed by atoms with Crippen LogP contribution in [0.3, 0.4) is 0 Å². The Bertz CT molecular complexity index is 1190. The third-order valence-electron chi connectivity index (χ3n) is 5.44. The van der Waals surface area contributed by atoms with E-state index in [1.807, 2.05) is 48.4 Å². The van der Waals surface area contributed by atoms with E-state index in [9.17, 15) is 4.79 Å². The number of allylic oxidation sites excluding steroid dienone is 1. The monoisotopic (exact) mass is 445 g/mol. The predicted molar refractivity (Wildman–Crippen MR) is 121 cm³/mol. The summed E-state index contributed by atoms with van der Waals surface area (Å²) in [5.74, 6) is 2.59. The summed E-state index contributed by atoms with van der Waals surface area (Å²) >= 11 is 0. The summed E-state index contributed by atoms with van der Waals surface area (Å²) in [5.41, 5.74) is 0.959. The molecule has 0 saturated heterocycles. The summed E-state index contributed by atoms with van der Waals surface area (Å²) in [5, 5.41) is 3.05. The van der Waals surface area contributed by atoms with Crippen LogP contribution in [-0.4, -0.2) is 44.6 Å². The number of anilines is 1. The molecule has 5 rings (SSSR count). The van der Waals surface area contributed by atoms with E-state index >= 15 is 0 Å². The molecule has 2 aliphatic heterocycles. The van der Waals surface area contributed by atoms with Crippen molar-refractivity contribution in [2.45, 2.75) is 32.0 Å². The van der Waals surface area contributed by atoms with Crippen LogP contribution in [0.25, 0.3) is 5.95 Å². The van der Waals surface area contributed by atoms with Gasteiger partial charge in [0.05, 0.1) is 6.04 Å². The molecule has 0 aliphatic carbocycles. The van der Waals surface area contributed by atoms with Crippen molar-refractivity contribution in [1.29, 1.82) is 0 Å². The molecule has 0 fully saturated rings. The molecule has 10 heteroatoms. The summed E-state index contributed by atoms with van der Waals surface area (Å²) < 4.78 is 12.5. The molecule has 0 spiro atoms. The second-order valence-corrected chi connectivity index (χ2v) is 7.65. The summed E-state index contributed by atoms with van der Waals surface area (Å²) in [6.45, 7) is 2.17. The fraction of sp³-hybridized carbons (Fsp3) is 0.261. The molecule has 1 aromatic carbocycles. The number of carbonyl (C=O) groups is 1. The summed E-state index contributed by atoms with van der Waals surface area (Å²) in [7, 11) is 0. The lowest BCUT2D eigenvalue weighted by atomic mass is 10.1. The molecule has 2 aliphatic rings. The highest BCUT2D eigenvalue weighted by atomic mass is 16.7. The Morgan fingerprint density at radius 2 is 2.15 bits per heavy atom. The Morgan fingerprint density at radius 1 is 1.24 bits per heavy atom. The first-order valence-corrected chi connectivity index (χ1v) is 10.7. The van der Waals surface area contributed by atoms with E-state index in [1.165, 1.54) is 0 Å². The molecule has 1 amide bonds. The topological polar surface area (TPSA) is 107 Å². The van der Waals surface area contributed by atoms with E-state index in [4.69, 9.17) is 9.47 Å². The number of imidazole rings is 1. The number of carbonyl (C=O) groups excluding carboxylic acids is 1. The van der Waals surface area contributed by atoms with Crippen molar-refractivity contribution in [3.05, 3.63) is 67.0 Å². The predicted octanol–water partition coefficient (Wildman–Crippen LogP) is 2.78. The van der Waals surface area contributed by atoms with E-state index in [2.05, 4.69) is 25.3 Å². The highest BCUT2D eigenvalue weighted by Gasteiger charge is 2.22. The summed E-state index contributed by atoms with van der Waals surface area (Å²) in [6.07, 6.45) is 12.9. The van der Waals surface area contributed by atoms with Crippen LogP contribution in [0.1, 0.15) is 31.4 Å². The number of nitrogens with zero attached hydrogens (tertiary/aromatic N) is 6. The number of hydrogen-bond donors (Lipinski definition) is 1. The number of ether oxygens (including phenoxy) is 2. The molecule has 2 aromatic heterocycles. The normalized spacial score (nSPS) is 17.2. The quantitative estimate of drug-likeness (QED) is 0.596. The molecule has 33 heavy (non-hydrogen) atoms. The molecule has 0 saturated carbocycles. The van der Waals surface area contributed by atoms with Gasteiger partial charge in [0.25, 0.3) is 0 Å². The van der Waals surface area contributed by atoms with Crippen LogP contribution in [0.2, 0.25) is 0 Å². The highest BCUT2D eigenvalue weighted by molar-refractivity contribution is 5.77. The minimum atomic E-state index is -0.243. The molecule has 3 aromatic rings. The Morgan fingerprint density at radius 3 is 3.03 bits per heavy atom. The third-order valence-corrected chi connectivity index (χ3v) is 5.44. The van der Waals surface area contributed by atoms with Gasteiger partial charge in [-0.25, -0.2) is 9.97 Å². The molecule has 0 bridgehead atoms. The molecular weight excluding hydrogens is 422 g/mol. The van der Waals surface area contributed by atoms with Gasteiger partial charge in [0.2, 0.25) is 18.6 Å². The lowest BCUT2D eigenvalue weighted by Gasteiger charge is -2.28. The van der Waals surface area contributed by atoms with Crippen molar-refractivity contribution in [3.8, 4) is 17.4 Å². The van der Waals surface area contributed by atoms with Gasteiger partial charge >= 0.3 is 0 Å². The molecule has 1 N–H and O–H groups in total. The number of hydrogen-bond acceptors (Lipinski definition) is 8. The average Bonchev–Trinajstić information content (AvgIpc) is 3.55. The first kappa shape index (κ1) is 20.7. The molecule has 0 radical (unpaired) electrons. The van der Waals surface area contributed by atoms with Gasteiger partial charge in [0.15, 0.2) is 11.5 Å². The summed E-state index contributed by atoms with van der Waals surface area (Å²) in [6, 6.07) is 7.36. The largest absolute Gasteiger partial charge is 0.454 e. The standard InChI is InChI=1S/C23H23N7O3/c1-16(17-3-4-18-19(13-17)33-15-32-18)27-22(31)6-5-20-25-8-2-11-30(20)21-7-9-26-23(28-21)29-12-10-24-14-29/h2-4,7-14,16,20H,5-6,15H2,1H3,(H,27,31). The van der Waals surface area contributed by atoms with Crippen LogP contribution in [0.15, 0.2) is 66.5 Å². The number of aliphatic imine (C=N–C) groups is 1. The van der Waals surface area contributed by atoms with Crippen LogP contribution in [-0.2, 0) is 4.79 Å². The zero-order valence-corrected chi connectivity index (χ0v) is 18.0. The second-order valence-electron chi connectivity index (χ2n) is 7.65. The molecule has 2 unspecified atom stereocenters. The molecule has 10 nitrogen and oxygen atoms in total. The van der Waals surface area contributed by atoms with Gasteiger partial charge in [-0.3, -0.25) is 14.4 Å². The molecule has 4 heterocycles. The van der Waals surface area contributed by atoms with E-state index in [0.29, 0.717) is 30.4 Å². The van der Waals surface area contributed by atoms with Crippen molar-refractivity contribution in [3.63, 3.8) is 0 Å². The van der Waals surface area contributed by atoms with Gasteiger partial charge in [-0.15, -0.1) is 0 Å². The van der Waals surface area contributed by atoms with Crippen molar-refractivity contribution in [2.24, 2.45) is 4.99 Å². The van der Waals surface area contributed by atoms with E-state index in [-0.39, 0.29) is 24.9 Å². The van der Waals surface area contributed by atoms with Crippen molar-refractivity contribution in [1.82, 2.24) is 24.8 Å². The zero-order valence-electron chi connectivity index (χ0n) is 18.0. The first-order chi connectivity index (χ1) is 16.2. The van der Waals surface area contributed by atoms with E-state index in [1.54, 1.807) is 35.7 Å². The van der Waals surface area contributed by atoms with Crippen LogP contribution in [0.4, 0.5) is 5.82 Å². The fourth-order valence-electron chi connectivity index (χ4n) is 3.72. The SMILES string of the molecule is CC(NC(=O)CCC1N=CC=CN1c1ccnc(-n2ccnc2)n1)c1ccc2c(c1)OCO2. The van der Waals surface area contributed by atoms with Gasteiger partial charge in [0, 0.05) is 37.4 Å². The van der Waals surface area contributed by atoms with Crippen LogP contribution in [0.5, 0.6) is 11.5 Å². The first-order valence-electron chi connectivity index (χ1n) is 10.7. The minimum absolute atomic E-state index is 0.0494. The van der Waals surface area contributed by atoms with E-state index in [0.717, 1.165) is 11.3 Å². The second kappa shape index (κ2) is 9.11. The number of rotatable bonds is 7. The minimum Gasteiger partial charge on any atom is -0.454 e. The third kappa shape index (κ3) is 4.54. The lowest BCUT2D eigenvalue weighted by Crippen LogP contribution is -2.34. The van der Waals surface area contributed by atoms with Crippen molar-refractivity contribution < 1.29 is 14.3 Å². The molecular formula is C23H23N7O3. The van der Waals surface area contributed by atoms with Gasteiger partial charge < -0.3 is 19.7 Å². The molecule has 2 atom stereocenters. The number of fused-ring (bicyclic) bond motifs is 1. The van der Waals surface area contributed by atoms with Crippen LogP contribution in [0, 0.1) is 0 Å². The maximum Gasteiger partial charge on any atom is 0.236 e. The van der Waals surface area contributed by atoms with Gasteiger partial charge in [-0.05, 0) is 43.2 Å². The maximum atomic E-state index is 12.7. The Labute approximate surface area is 190 Å². The molecule has 168 valence electrons. The summed E-state index contributed by atoms with van der Waals surface area (Å²) in [4.78, 5) is 32.1. The smallest absolute Gasteiger partial charge is 0.236 e. The van der Waals surface area contributed by atoms with Crippen LogP contribution >= 0.6 is 0 Å².